The number of nitrogens with zero attached hydrogens (tertiary/aromatic N) is 1. The molecule has 84 valence electrons. The van der Waals surface area contributed by atoms with Gasteiger partial charge < -0.3 is 4.90 Å². The largest absolute Gasteiger partial charge is 0.375 e. The maximum absolute atomic E-state index is 5.75. The van der Waals surface area contributed by atoms with E-state index in [1.807, 2.05) is 0 Å². The summed E-state index contributed by atoms with van der Waals surface area (Å²) in [7, 11) is 2.14. The third kappa shape index (κ3) is 4.13. The third-order valence-corrected chi connectivity index (χ3v) is 2.88. The molecule has 0 bridgehead atoms. The zero-order chi connectivity index (χ0) is 11.3. The van der Waals surface area contributed by atoms with Gasteiger partial charge in [-0.1, -0.05) is 26.0 Å². The van der Waals surface area contributed by atoms with Gasteiger partial charge in [0.2, 0.25) is 0 Å². The topological polar surface area (TPSA) is 3.24 Å². The zero-order valence-electron chi connectivity index (χ0n) is 9.83. The Morgan fingerprint density at radius 3 is 2.27 bits per heavy atom. The van der Waals surface area contributed by atoms with Crippen molar-refractivity contribution in [3.05, 3.63) is 29.8 Å². The standard InChI is InChI=1S/C13H20ClN/c1-11(2)8-9-15(3)13-6-4-12(10-14)5-7-13/h4-7,11H,8-10H2,1-3H3. The van der Waals surface area contributed by atoms with Gasteiger partial charge in [-0.2, -0.15) is 0 Å². The molecular formula is C13H20ClN. The molecule has 0 saturated carbocycles. The van der Waals surface area contributed by atoms with E-state index in [0.717, 1.165) is 12.5 Å². The third-order valence-electron chi connectivity index (χ3n) is 2.57. The number of hydrogen-bond donors (Lipinski definition) is 0. The van der Waals surface area contributed by atoms with E-state index in [4.69, 9.17) is 11.6 Å². The van der Waals surface area contributed by atoms with Gasteiger partial charge in [0.25, 0.3) is 0 Å². The van der Waals surface area contributed by atoms with Crippen molar-refractivity contribution in [3.8, 4) is 0 Å². The van der Waals surface area contributed by atoms with Crippen molar-refractivity contribution in [3.63, 3.8) is 0 Å². The summed E-state index contributed by atoms with van der Waals surface area (Å²) in [5.74, 6) is 1.35. The minimum atomic E-state index is 0.593. The number of halogens is 1. The molecule has 15 heavy (non-hydrogen) atoms. The van der Waals surface area contributed by atoms with Gasteiger partial charge in [-0.05, 0) is 30.0 Å². The summed E-state index contributed by atoms with van der Waals surface area (Å²) in [5.41, 5.74) is 2.45. The molecule has 1 aromatic rings. The van der Waals surface area contributed by atoms with Crippen LogP contribution < -0.4 is 4.90 Å². The Morgan fingerprint density at radius 1 is 1.20 bits per heavy atom. The molecular weight excluding hydrogens is 206 g/mol. The zero-order valence-corrected chi connectivity index (χ0v) is 10.6. The lowest BCUT2D eigenvalue weighted by Crippen LogP contribution is -2.19. The van der Waals surface area contributed by atoms with Gasteiger partial charge in [-0.25, -0.2) is 0 Å². The fraction of sp³-hybridized carbons (Fsp3) is 0.538. The van der Waals surface area contributed by atoms with Gasteiger partial charge in [0.15, 0.2) is 0 Å². The van der Waals surface area contributed by atoms with Crippen LogP contribution in [-0.2, 0) is 5.88 Å². The van der Waals surface area contributed by atoms with Gasteiger partial charge in [0.05, 0.1) is 0 Å². The molecule has 0 aliphatic rings. The fourth-order valence-corrected chi connectivity index (χ4v) is 1.60. The molecule has 0 saturated heterocycles. The number of rotatable bonds is 5. The first-order valence-electron chi connectivity index (χ1n) is 5.49. The molecule has 0 aliphatic heterocycles. The second-order valence-corrected chi connectivity index (χ2v) is 4.67. The van der Waals surface area contributed by atoms with E-state index in [-0.39, 0.29) is 0 Å². The number of anilines is 1. The highest BCUT2D eigenvalue weighted by Crippen LogP contribution is 2.16. The van der Waals surface area contributed by atoms with Crippen LogP contribution in [0.1, 0.15) is 25.8 Å². The maximum Gasteiger partial charge on any atom is 0.0474 e. The highest BCUT2D eigenvalue weighted by Gasteiger charge is 2.02. The summed E-state index contributed by atoms with van der Waals surface area (Å²) in [6.07, 6.45) is 1.23. The Labute approximate surface area is 98.0 Å². The molecule has 2 heteroatoms. The molecule has 0 aliphatic carbocycles. The first-order valence-corrected chi connectivity index (χ1v) is 6.03. The normalized spacial score (nSPS) is 10.7. The van der Waals surface area contributed by atoms with Crippen molar-refractivity contribution < 1.29 is 0 Å². The van der Waals surface area contributed by atoms with E-state index in [1.54, 1.807) is 0 Å². The summed E-state index contributed by atoms with van der Waals surface area (Å²) < 4.78 is 0. The minimum absolute atomic E-state index is 0.593. The van der Waals surface area contributed by atoms with Crippen LogP contribution in [0.25, 0.3) is 0 Å². The summed E-state index contributed by atoms with van der Waals surface area (Å²) in [5, 5.41) is 0. The van der Waals surface area contributed by atoms with Gasteiger partial charge in [-0.15, -0.1) is 11.6 Å². The lowest BCUT2D eigenvalue weighted by molar-refractivity contribution is 0.585. The Morgan fingerprint density at radius 2 is 1.80 bits per heavy atom. The van der Waals surface area contributed by atoms with E-state index in [2.05, 4.69) is 50.1 Å². The van der Waals surface area contributed by atoms with Crippen molar-refractivity contribution in [1.82, 2.24) is 0 Å². The highest BCUT2D eigenvalue weighted by molar-refractivity contribution is 6.17. The summed E-state index contributed by atoms with van der Waals surface area (Å²) >= 11 is 5.75. The van der Waals surface area contributed by atoms with Crippen LogP contribution in [0.3, 0.4) is 0 Å². The fourth-order valence-electron chi connectivity index (χ4n) is 1.42. The Kier molecular flexibility index (Phi) is 4.97. The van der Waals surface area contributed by atoms with E-state index in [1.165, 1.54) is 17.7 Å². The minimum Gasteiger partial charge on any atom is -0.375 e. The van der Waals surface area contributed by atoms with Crippen molar-refractivity contribution in [1.29, 1.82) is 0 Å². The smallest absolute Gasteiger partial charge is 0.0474 e. The van der Waals surface area contributed by atoms with Crippen LogP contribution in [0.15, 0.2) is 24.3 Å². The SMILES string of the molecule is CC(C)CCN(C)c1ccc(CCl)cc1. The van der Waals surface area contributed by atoms with Crippen LogP contribution in [-0.4, -0.2) is 13.6 Å². The van der Waals surface area contributed by atoms with Gasteiger partial charge in [0.1, 0.15) is 0 Å². The molecule has 0 radical (unpaired) electrons. The summed E-state index contributed by atoms with van der Waals surface area (Å²) in [6.45, 7) is 5.62. The van der Waals surface area contributed by atoms with Crippen LogP contribution in [0.5, 0.6) is 0 Å². The number of alkyl halides is 1. The molecule has 0 N–H and O–H groups in total. The second-order valence-electron chi connectivity index (χ2n) is 4.40. The number of benzene rings is 1. The Hall–Kier alpha value is -0.690. The van der Waals surface area contributed by atoms with Crippen molar-refractivity contribution >= 4 is 17.3 Å². The highest BCUT2D eigenvalue weighted by atomic mass is 35.5. The Balaban J connectivity index is 2.54. The van der Waals surface area contributed by atoms with Crippen molar-refractivity contribution in [2.45, 2.75) is 26.1 Å². The molecule has 0 heterocycles. The van der Waals surface area contributed by atoms with Gasteiger partial charge in [0, 0.05) is 25.2 Å². The monoisotopic (exact) mass is 225 g/mol. The van der Waals surface area contributed by atoms with Crippen LogP contribution in [0.4, 0.5) is 5.69 Å². The molecule has 0 fully saturated rings. The molecule has 0 unspecified atom stereocenters. The van der Waals surface area contributed by atoms with Crippen LogP contribution in [0.2, 0.25) is 0 Å². The van der Waals surface area contributed by atoms with Crippen molar-refractivity contribution in [2.24, 2.45) is 5.92 Å². The van der Waals surface area contributed by atoms with Gasteiger partial charge in [-0.3, -0.25) is 0 Å². The van der Waals surface area contributed by atoms with Crippen molar-refractivity contribution in [2.75, 3.05) is 18.5 Å². The maximum atomic E-state index is 5.75. The Bertz CT molecular complexity index is 279. The predicted octanol–water partition coefficient (Wildman–Crippen LogP) is 3.91. The van der Waals surface area contributed by atoms with Crippen LogP contribution in [0, 0.1) is 5.92 Å². The molecule has 0 aromatic heterocycles. The van der Waals surface area contributed by atoms with Gasteiger partial charge >= 0.3 is 0 Å². The predicted molar refractivity (Wildman–Crippen MR) is 68.7 cm³/mol. The summed E-state index contributed by atoms with van der Waals surface area (Å²) in [6, 6.07) is 8.46. The van der Waals surface area contributed by atoms with E-state index < -0.39 is 0 Å². The molecule has 0 atom stereocenters. The lowest BCUT2D eigenvalue weighted by atomic mass is 10.1. The lowest BCUT2D eigenvalue weighted by Gasteiger charge is -2.20. The number of hydrogen-bond acceptors (Lipinski definition) is 1. The molecule has 1 rings (SSSR count). The van der Waals surface area contributed by atoms with Crippen LogP contribution >= 0.6 is 11.6 Å². The quantitative estimate of drug-likeness (QED) is 0.687. The van der Waals surface area contributed by atoms with E-state index in [0.29, 0.717) is 5.88 Å². The van der Waals surface area contributed by atoms with E-state index in [9.17, 15) is 0 Å². The van der Waals surface area contributed by atoms with E-state index >= 15 is 0 Å². The summed E-state index contributed by atoms with van der Waals surface area (Å²) in [4.78, 5) is 2.29. The molecule has 1 nitrogen and oxygen atoms in total. The molecule has 1 aromatic carbocycles. The molecule has 0 amide bonds. The first kappa shape index (κ1) is 12.4. The second kappa shape index (κ2) is 6.02. The average molecular weight is 226 g/mol. The first-order chi connectivity index (χ1) is 7.13. The average Bonchev–Trinajstić information content (AvgIpc) is 2.26. The molecule has 0 spiro atoms.